The van der Waals surface area contributed by atoms with E-state index < -0.39 is 40.9 Å². The lowest BCUT2D eigenvalue weighted by molar-refractivity contribution is -0.120. The number of rotatable bonds is 3. The smallest absolute Gasteiger partial charge is 0.298 e. The molecule has 2 atom stereocenters. The van der Waals surface area contributed by atoms with Crippen LogP contribution in [-0.4, -0.2) is 6.47 Å². The molecule has 0 spiro atoms. The number of hydrogen-bond donors (Lipinski definition) is 0. The number of carbonyl (C=O) groups excluding carboxylic acids is 1. The number of aryl methyl sites for hydroxylation is 1. The maximum absolute atomic E-state index is 14.4. The summed E-state index contributed by atoms with van der Waals surface area (Å²) >= 11 is 0. The Kier molecular flexibility index (Phi) is 3.83. The Morgan fingerprint density at radius 3 is 2.13 bits per heavy atom. The van der Waals surface area contributed by atoms with Gasteiger partial charge in [0.15, 0.2) is 23.9 Å². The van der Waals surface area contributed by atoms with E-state index >= 15 is 0 Å². The molecule has 2 unspecified atom stereocenters. The van der Waals surface area contributed by atoms with Crippen molar-refractivity contribution in [1.82, 2.24) is 0 Å². The Labute approximate surface area is 129 Å². The maximum atomic E-state index is 14.4. The summed E-state index contributed by atoms with van der Waals surface area (Å²) in [5.41, 5.74) is -0.532. The van der Waals surface area contributed by atoms with Crippen LogP contribution in [0.2, 0.25) is 0 Å². The summed E-state index contributed by atoms with van der Waals surface area (Å²) in [5.74, 6) is -2.46. The van der Waals surface area contributed by atoms with Gasteiger partial charge in [-0.1, -0.05) is 25.1 Å². The molecule has 2 aromatic carbocycles. The molecule has 1 aliphatic carbocycles. The van der Waals surface area contributed by atoms with Crippen molar-refractivity contribution in [3.05, 3.63) is 52.6 Å². The van der Waals surface area contributed by atoms with Crippen LogP contribution in [0.15, 0.2) is 24.3 Å². The number of fused-ring (bicyclic) bond motifs is 3. The minimum atomic E-state index is -2.38. The highest BCUT2D eigenvalue weighted by Gasteiger charge is 2.39. The van der Waals surface area contributed by atoms with E-state index in [2.05, 4.69) is 4.74 Å². The molecule has 3 rings (SSSR count). The van der Waals surface area contributed by atoms with Crippen molar-refractivity contribution < 1.29 is 27.1 Å². The first-order valence-corrected chi connectivity index (χ1v) is 7.03. The predicted molar refractivity (Wildman–Crippen MR) is 75.6 cm³/mol. The third-order valence-corrected chi connectivity index (χ3v) is 4.06. The molecule has 0 N–H and O–H groups in total. The van der Waals surface area contributed by atoms with Gasteiger partial charge < -0.3 is 4.74 Å². The van der Waals surface area contributed by atoms with E-state index in [1.807, 2.05) is 0 Å². The van der Waals surface area contributed by atoms with Gasteiger partial charge in [-0.3, -0.25) is 4.79 Å². The minimum Gasteiger partial charge on any atom is -0.426 e. The molecule has 2 nitrogen and oxygen atoms in total. The average Bonchev–Trinajstić information content (AvgIpc) is 2.54. The van der Waals surface area contributed by atoms with Gasteiger partial charge in [0, 0.05) is 11.1 Å². The molecule has 23 heavy (non-hydrogen) atoms. The lowest BCUT2D eigenvalue weighted by atomic mass is 9.81. The lowest BCUT2D eigenvalue weighted by Crippen LogP contribution is -2.16. The Bertz CT molecular complexity index is 789. The highest BCUT2D eigenvalue weighted by atomic mass is 19.2. The van der Waals surface area contributed by atoms with Gasteiger partial charge in [0.1, 0.15) is 5.82 Å². The molecule has 2 aromatic rings. The second kappa shape index (κ2) is 5.68. The SMILES string of the molecule is CCc1ccc2c(c1F)C(F)C(F)c1c-2ccc(OC=O)c1F. The van der Waals surface area contributed by atoms with Crippen LogP contribution in [0.4, 0.5) is 17.6 Å². The fourth-order valence-electron chi connectivity index (χ4n) is 2.93. The molecule has 0 fully saturated rings. The summed E-state index contributed by atoms with van der Waals surface area (Å²) < 4.78 is 62.0. The topological polar surface area (TPSA) is 26.3 Å². The first-order valence-electron chi connectivity index (χ1n) is 7.03. The third-order valence-electron chi connectivity index (χ3n) is 4.06. The Morgan fingerprint density at radius 1 is 1.00 bits per heavy atom. The fourth-order valence-corrected chi connectivity index (χ4v) is 2.93. The first kappa shape index (κ1) is 15.5. The van der Waals surface area contributed by atoms with E-state index in [4.69, 9.17) is 0 Å². The summed E-state index contributed by atoms with van der Waals surface area (Å²) in [6.07, 6.45) is -4.38. The molecule has 0 saturated carbocycles. The lowest BCUT2D eigenvalue weighted by Gasteiger charge is -2.28. The van der Waals surface area contributed by atoms with Crippen molar-refractivity contribution in [2.75, 3.05) is 0 Å². The second-order valence-corrected chi connectivity index (χ2v) is 5.21. The molecular formula is C17H12F4O2. The molecule has 120 valence electrons. The van der Waals surface area contributed by atoms with Gasteiger partial charge >= 0.3 is 0 Å². The van der Waals surface area contributed by atoms with Crippen molar-refractivity contribution in [3.8, 4) is 16.9 Å². The van der Waals surface area contributed by atoms with Crippen molar-refractivity contribution in [3.63, 3.8) is 0 Å². The second-order valence-electron chi connectivity index (χ2n) is 5.21. The minimum absolute atomic E-state index is 0.00502. The van der Waals surface area contributed by atoms with Crippen LogP contribution in [0, 0.1) is 11.6 Å². The van der Waals surface area contributed by atoms with Crippen LogP contribution < -0.4 is 4.74 Å². The molecule has 1 aliphatic rings. The molecule has 0 aliphatic heterocycles. The summed E-state index contributed by atoms with van der Waals surface area (Å²) in [7, 11) is 0. The number of hydrogen-bond acceptors (Lipinski definition) is 2. The van der Waals surface area contributed by atoms with Crippen molar-refractivity contribution in [1.29, 1.82) is 0 Å². The van der Waals surface area contributed by atoms with Gasteiger partial charge in [0.2, 0.25) is 0 Å². The largest absolute Gasteiger partial charge is 0.426 e. The van der Waals surface area contributed by atoms with Crippen LogP contribution in [0.3, 0.4) is 0 Å². The number of alkyl halides is 2. The molecule has 0 radical (unpaired) electrons. The van der Waals surface area contributed by atoms with E-state index in [9.17, 15) is 22.4 Å². The molecule has 0 aromatic heterocycles. The molecule has 0 amide bonds. The van der Waals surface area contributed by atoms with Crippen LogP contribution in [0.25, 0.3) is 11.1 Å². The summed E-state index contributed by atoms with van der Waals surface area (Å²) in [6, 6.07) is 5.34. The number of ether oxygens (including phenoxy) is 1. The monoisotopic (exact) mass is 324 g/mol. The standard InChI is InChI=1S/C17H12F4O2/c1-2-8-3-4-9-10-5-6-11(23-7-22)15(19)13(10)17(21)16(20)12(9)14(8)18/h3-7,16-17H,2H2,1H3. The van der Waals surface area contributed by atoms with E-state index in [-0.39, 0.29) is 23.2 Å². The zero-order valence-electron chi connectivity index (χ0n) is 12.1. The zero-order valence-corrected chi connectivity index (χ0v) is 12.1. The molecule has 0 bridgehead atoms. The van der Waals surface area contributed by atoms with Gasteiger partial charge in [0.25, 0.3) is 6.47 Å². The quantitative estimate of drug-likeness (QED) is 0.601. The van der Waals surface area contributed by atoms with Gasteiger partial charge in [-0.05, 0) is 29.2 Å². The third kappa shape index (κ3) is 2.20. The zero-order chi connectivity index (χ0) is 16.7. The van der Waals surface area contributed by atoms with Gasteiger partial charge in [-0.25, -0.2) is 17.6 Å². The molecular weight excluding hydrogens is 312 g/mol. The number of carbonyl (C=O) groups is 1. The van der Waals surface area contributed by atoms with E-state index in [0.29, 0.717) is 6.42 Å². The Balaban J connectivity index is 2.30. The fraction of sp³-hybridized carbons (Fsp3) is 0.235. The number of benzene rings is 2. The van der Waals surface area contributed by atoms with E-state index in [0.717, 1.165) is 6.07 Å². The molecule has 0 heterocycles. The predicted octanol–water partition coefficient (Wildman–Crippen LogP) is 4.76. The average molecular weight is 324 g/mol. The Morgan fingerprint density at radius 2 is 1.57 bits per heavy atom. The van der Waals surface area contributed by atoms with Crippen molar-refractivity contribution in [2.24, 2.45) is 0 Å². The highest BCUT2D eigenvalue weighted by Crippen LogP contribution is 2.51. The van der Waals surface area contributed by atoms with E-state index in [1.54, 1.807) is 6.92 Å². The number of halogens is 4. The van der Waals surface area contributed by atoms with Crippen LogP contribution in [0.5, 0.6) is 5.75 Å². The van der Waals surface area contributed by atoms with Gasteiger partial charge in [-0.15, -0.1) is 0 Å². The molecule has 6 heteroatoms. The highest BCUT2D eigenvalue weighted by molar-refractivity contribution is 5.76. The summed E-state index contributed by atoms with van der Waals surface area (Å²) in [4.78, 5) is 10.3. The van der Waals surface area contributed by atoms with Gasteiger partial charge in [-0.2, -0.15) is 0 Å². The van der Waals surface area contributed by atoms with Gasteiger partial charge in [0.05, 0.1) is 0 Å². The van der Waals surface area contributed by atoms with E-state index in [1.165, 1.54) is 18.2 Å². The summed E-state index contributed by atoms with van der Waals surface area (Å²) in [5, 5.41) is 0. The molecule has 0 saturated heterocycles. The Hall–Kier alpha value is -2.37. The van der Waals surface area contributed by atoms with Crippen LogP contribution in [0.1, 0.15) is 36.0 Å². The summed E-state index contributed by atoms with van der Waals surface area (Å²) in [6.45, 7) is 1.69. The van der Waals surface area contributed by atoms with Crippen LogP contribution in [-0.2, 0) is 11.2 Å². The normalized spacial score (nSPS) is 19.0. The van der Waals surface area contributed by atoms with Crippen LogP contribution >= 0.6 is 0 Å². The van der Waals surface area contributed by atoms with Crippen molar-refractivity contribution in [2.45, 2.75) is 25.7 Å². The first-order chi connectivity index (χ1) is 11.0. The van der Waals surface area contributed by atoms with Crippen molar-refractivity contribution >= 4 is 6.47 Å². The maximum Gasteiger partial charge on any atom is 0.298 e.